The molecule has 0 aliphatic rings. The monoisotopic (exact) mass is 423 g/mol. The first-order valence-corrected chi connectivity index (χ1v) is 11.5. The molecule has 1 aromatic heterocycles. The molecule has 1 heterocycles. The minimum Gasteiger partial charge on any atom is -0.396 e. The average Bonchev–Trinajstić information content (AvgIpc) is 2.73. The number of hydrogen-bond donors (Lipinski definition) is 1. The van der Waals surface area contributed by atoms with Crippen molar-refractivity contribution in [2.75, 3.05) is 6.61 Å². The molecular weight excluding hydrogens is 393 g/mol. The van der Waals surface area contributed by atoms with Crippen LogP contribution in [-0.2, 0) is 12.2 Å². The van der Waals surface area contributed by atoms with Gasteiger partial charge in [0.15, 0.2) is 0 Å². The molecule has 30 heavy (non-hydrogen) atoms. The largest absolute Gasteiger partial charge is 0.396 e. The number of aromatic nitrogens is 1. The number of rotatable bonds is 8. The first-order valence-electron chi connectivity index (χ1n) is 10.5. The number of thioether (sulfide) groups is 1. The first-order chi connectivity index (χ1) is 14.4. The lowest BCUT2D eigenvalue weighted by Crippen LogP contribution is -2.13. The van der Waals surface area contributed by atoms with Crippen molar-refractivity contribution in [3.05, 3.63) is 82.9 Å². The Bertz CT molecular complexity index is 969. The van der Waals surface area contributed by atoms with Crippen molar-refractivity contribution < 1.29 is 9.50 Å². The molecule has 0 aliphatic heterocycles. The second kappa shape index (κ2) is 10.2. The summed E-state index contributed by atoms with van der Waals surface area (Å²) in [6, 6.07) is 17.0. The molecule has 2 nitrogen and oxygen atoms in total. The molecule has 0 spiro atoms. The second-order valence-electron chi connectivity index (χ2n) is 8.11. The van der Waals surface area contributed by atoms with Gasteiger partial charge in [0.2, 0.25) is 0 Å². The fourth-order valence-electron chi connectivity index (χ4n) is 3.81. The van der Waals surface area contributed by atoms with E-state index in [-0.39, 0.29) is 24.3 Å². The van der Waals surface area contributed by atoms with Gasteiger partial charge >= 0.3 is 0 Å². The zero-order chi connectivity index (χ0) is 21.7. The second-order valence-corrected chi connectivity index (χ2v) is 9.15. The van der Waals surface area contributed by atoms with Gasteiger partial charge in [-0.05, 0) is 64.8 Å². The third kappa shape index (κ3) is 5.11. The zero-order valence-electron chi connectivity index (χ0n) is 18.2. The maximum absolute atomic E-state index is 13.3. The zero-order valence-corrected chi connectivity index (χ0v) is 19.0. The van der Waals surface area contributed by atoms with Crippen molar-refractivity contribution in [1.29, 1.82) is 0 Å². The third-order valence-electron chi connectivity index (χ3n) is 5.18. The van der Waals surface area contributed by atoms with Crippen molar-refractivity contribution in [3.8, 4) is 11.1 Å². The van der Waals surface area contributed by atoms with Gasteiger partial charge in [0.25, 0.3) is 0 Å². The Hall–Kier alpha value is -2.17. The highest BCUT2D eigenvalue weighted by Crippen LogP contribution is 2.39. The van der Waals surface area contributed by atoms with Gasteiger partial charge in [-0.15, -0.1) is 11.8 Å². The van der Waals surface area contributed by atoms with E-state index in [1.165, 1.54) is 23.3 Å². The van der Waals surface area contributed by atoms with Crippen LogP contribution in [0.5, 0.6) is 0 Å². The summed E-state index contributed by atoms with van der Waals surface area (Å²) in [4.78, 5) is 6.15. The summed E-state index contributed by atoms with van der Waals surface area (Å²) in [5.41, 5.74) is 6.87. The predicted molar refractivity (Wildman–Crippen MR) is 125 cm³/mol. The Morgan fingerprint density at radius 1 is 0.867 bits per heavy atom. The van der Waals surface area contributed by atoms with Gasteiger partial charge in [-0.2, -0.15) is 0 Å². The molecule has 0 unspecified atom stereocenters. The smallest absolute Gasteiger partial charge is 0.123 e. The molecule has 3 rings (SSSR count). The fourth-order valence-corrected chi connectivity index (χ4v) is 4.74. The van der Waals surface area contributed by atoms with Crippen LogP contribution in [0, 0.1) is 5.82 Å². The van der Waals surface area contributed by atoms with E-state index in [0.29, 0.717) is 6.42 Å². The van der Waals surface area contributed by atoms with Gasteiger partial charge in [0.05, 0.1) is 0 Å². The van der Waals surface area contributed by atoms with Crippen molar-refractivity contribution in [2.45, 2.75) is 56.6 Å². The molecular formula is C26H30FNOS. The quantitative estimate of drug-likeness (QED) is 0.398. The minimum absolute atomic E-state index is 0.0901. The molecule has 1 N–H and O–H groups in total. The number of hydrogen-bond acceptors (Lipinski definition) is 3. The van der Waals surface area contributed by atoms with Crippen LogP contribution in [0.1, 0.15) is 62.0 Å². The highest BCUT2D eigenvalue weighted by atomic mass is 32.2. The van der Waals surface area contributed by atoms with Gasteiger partial charge in [0, 0.05) is 28.6 Å². The summed E-state index contributed by atoms with van der Waals surface area (Å²) in [7, 11) is 0. The molecule has 4 heteroatoms. The number of pyridine rings is 1. The molecule has 0 atom stereocenters. The standard InChI is InChI=1S/C26H30FNOS/c1-17(2)25-22(14-15-29)24(19-8-6-5-7-9-19)23(26(28-25)18(3)4)16-30-21-12-10-20(27)11-13-21/h5-13,17-18,29H,14-16H2,1-4H3. The van der Waals surface area contributed by atoms with Crippen LogP contribution in [0.3, 0.4) is 0 Å². The van der Waals surface area contributed by atoms with Gasteiger partial charge in [-0.3, -0.25) is 4.98 Å². The highest BCUT2D eigenvalue weighted by molar-refractivity contribution is 7.98. The molecule has 0 amide bonds. The molecule has 0 bridgehead atoms. The lowest BCUT2D eigenvalue weighted by atomic mass is 9.86. The summed E-state index contributed by atoms with van der Waals surface area (Å²) in [5.74, 6) is 1.07. The Labute approximate surface area is 183 Å². The van der Waals surface area contributed by atoms with Crippen LogP contribution in [0.25, 0.3) is 11.1 Å². The van der Waals surface area contributed by atoms with Gasteiger partial charge in [-0.25, -0.2) is 4.39 Å². The first kappa shape index (κ1) is 22.5. The molecule has 0 fully saturated rings. The van der Waals surface area contributed by atoms with E-state index in [4.69, 9.17) is 4.98 Å². The van der Waals surface area contributed by atoms with Crippen LogP contribution in [0.4, 0.5) is 4.39 Å². The van der Waals surface area contributed by atoms with Crippen molar-refractivity contribution >= 4 is 11.8 Å². The van der Waals surface area contributed by atoms with E-state index >= 15 is 0 Å². The van der Waals surface area contributed by atoms with Crippen LogP contribution in [0.2, 0.25) is 0 Å². The number of aliphatic hydroxyl groups is 1. The Kier molecular flexibility index (Phi) is 7.68. The molecule has 158 valence electrons. The van der Waals surface area contributed by atoms with Crippen LogP contribution in [0.15, 0.2) is 59.5 Å². The van der Waals surface area contributed by atoms with Crippen molar-refractivity contribution in [2.24, 2.45) is 0 Å². The summed E-state index contributed by atoms with van der Waals surface area (Å²) >= 11 is 1.69. The summed E-state index contributed by atoms with van der Waals surface area (Å²) in [6.07, 6.45) is 0.581. The molecule has 3 aromatic rings. The Morgan fingerprint density at radius 3 is 2.03 bits per heavy atom. The fraction of sp³-hybridized carbons (Fsp3) is 0.346. The molecule has 0 aliphatic carbocycles. The Balaban J connectivity index is 2.20. The van der Waals surface area contributed by atoms with E-state index in [2.05, 4.69) is 52.0 Å². The van der Waals surface area contributed by atoms with Crippen LogP contribution < -0.4 is 0 Å². The summed E-state index contributed by atoms with van der Waals surface area (Å²) in [5, 5.41) is 9.83. The molecule has 0 saturated carbocycles. The van der Waals surface area contributed by atoms with E-state index in [0.717, 1.165) is 33.2 Å². The minimum atomic E-state index is -0.222. The van der Waals surface area contributed by atoms with E-state index in [1.54, 1.807) is 11.8 Å². The maximum Gasteiger partial charge on any atom is 0.123 e. The summed E-state index contributed by atoms with van der Waals surface area (Å²) in [6.45, 7) is 8.77. The lowest BCUT2D eigenvalue weighted by molar-refractivity contribution is 0.299. The van der Waals surface area contributed by atoms with Crippen LogP contribution in [-0.4, -0.2) is 16.7 Å². The number of aliphatic hydroxyl groups excluding tert-OH is 1. The van der Waals surface area contributed by atoms with E-state index in [9.17, 15) is 9.50 Å². The van der Waals surface area contributed by atoms with Gasteiger partial charge in [0.1, 0.15) is 5.82 Å². The van der Waals surface area contributed by atoms with E-state index in [1.807, 2.05) is 18.2 Å². The predicted octanol–water partition coefficient (Wildman–Crippen LogP) is 6.96. The molecule has 0 radical (unpaired) electrons. The number of halogens is 1. The van der Waals surface area contributed by atoms with E-state index < -0.39 is 0 Å². The lowest BCUT2D eigenvalue weighted by Gasteiger charge is -2.24. The van der Waals surface area contributed by atoms with Gasteiger partial charge in [-0.1, -0.05) is 58.0 Å². The van der Waals surface area contributed by atoms with Gasteiger partial charge < -0.3 is 5.11 Å². The van der Waals surface area contributed by atoms with Crippen LogP contribution >= 0.6 is 11.8 Å². The SMILES string of the molecule is CC(C)c1nc(C(C)C)c(CSc2ccc(F)cc2)c(-c2ccccc2)c1CCO. The third-order valence-corrected chi connectivity index (χ3v) is 6.22. The van der Waals surface area contributed by atoms with Crippen molar-refractivity contribution in [1.82, 2.24) is 4.98 Å². The number of benzene rings is 2. The molecule has 0 saturated heterocycles. The topological polar surface area (TPSA) is 33.1 Å². The average molecular weight is 424 g/mol. The normalized spacial score (nSPS) is 11.5. The maximum atomic E-state index is 13.3. The number of nitrogens with zero attached hydrogens (tertiary/aromatic N) is 1. The summed E-state index contributed by atoms with van der Waals surface area (Å²) < 4.78 is 13.3. The highest BCUT2D eigenvalue weighted by Gasteiger charge is 2.23. The Morgan fingerprint density at radius 2 is 1.47 bits per heavy atom. The van der Waals surface area contributed by atoms with Crippen molar-refractivity contribution in [3.63, 3.8) is 0 Å². The molecule has 2 aromatic carbocycles.